The molecule has 222 valence electrons. The second kappa shape index (κ2) is 13.4. The summed E-state index contributed by atoms with van der Waals surface area (Å²) in [7, 11) is 3.18. The number of nitrogens with one attached hydrogen (secondary N) is 1. The van der Waals surface area contributed by atoms with Gasteiger partial charge in [-0.1, -0.05) is 12.2 Å². The van der Waals surface area contributed by atoms with Crippen LogP contribution in [0.5, 0.6) is 11.5 Å². The molecule has 11 heteroatoms. The minimum absolute atomic E-state index is 0.0746. The molecule has 0 saturated carbocycles. The highest BCUT2D eigenvalue weighted by molar-refractivity contribution is 6.20. The van der Waals surface area contributed by atoms with E-state index in [9.17, 15) is 9.59 Å². The number of fused-ring (bicyclic) bond motifs is 1. The summed E-state index contributed by atoms with van der Waals surface area (Å²) in [4.78, 5) is 42.8. The van der Waals surface area contributed by atoms with Crippen LogP contribution in [0.15, 0.2) is 70.9 Å². The Morgan fingerprint density at radius 2 is 1.88 bits per heavy atom. The lowest BCUT2D eigenvalue weighted by Crippen LogP contribution is -2.34. The van der Waals surface area contributed by atoms with E-state index in [0.717, 1.165) is 17.8 Å². The number of benzene rings is 2. The SMILES string of the molecule is COc1cc(OC)cc(N(CCCN2C(=O)C3=C(CCC=C3)C2=O)c2ccc3ncc(C(C=N)C=NCCO)nc3c2)c1. The van der Waals surface area contributed by atoms with Gasteiger partial charge < -0.3 is 24.9 Å². The van der Waals surface area contributed by atoms with Gasteiger partial charge in [0, 0.05) is 66.2 Å². The summed E-state index contributed by atoms with van der Waals surface area (Å²) in [5.41, 5.74) is 4.61. The Balaban J connectivity index is 1.45. The number of aliphatic hydroxyl groups is 1. The number of carbonyl (C=O) groups is 2. The van der Waals surface area contributed by atoms with E-state index in [2.05, 4.69) is 14.9 Å². The molecule has 3 aromatic rings. The zero-order valence-corrected chi connectivity index (χ0v) is 24.2. The average Bonchev–Trinajstić information content (AvgIpc) is 3.29. The van der Waals surface area contributed by atoms with Crippen LogP contribution in [0, 0.1) is 5.41 Å². The Hall–Kier alpha value is -4.90. The van der Waals surface area contributed by atoms with Crippen LogP contribution in [0.2, 0.25) is 0 Å². The fourth-order valence-electron chi connectivity index (χ4n) is 5.23. The Labute approximate surface area is 249 Å². The number of rotatable bonds is 13. The topological polar surface area (TPSA) is 141 Å². The van der Waals surface area contributed by atoms with Gasteiger partial charge in [0.15, 0.2) is 0 Å². The second-order valence-corrected chi connectivity index (χ2v) is 10.1. The fourth-order valence-corrected chi connectivity index (χ4v) is 5.23. The van der Waals surface area contributed by atoms with Crippen molar-refractivity contribution in [3.63, 3.8) is 0 Å². The first kappa shape index (κ1) is 29.6. The van der Waals surface area contributed by atoms with Gasteiger partial charge in [0.2, 0.25) is 0 Å². The summed E-state index contributed by atoms with van der Waals surface area (Å²) in [6, 6.07) is 11.3. The van der Waals surface area contributed by atoms with Crippen molar-refractivity contribution in [2.45, 2.75) is 25.2 Å². The summed E-state index contributed by atoms with van der Waals surface area (Å²) in [5, 5.41) is 16.9. The maximum Gasteiger partial charge on any atom is 0.261 e. The standard InChI is InChI=1S/C32H34N6O5/c1-42-24-14-23(15-25(17-24)43-2)37(11-5-12-38-31(40)26-6-3-4-7-27(26)32(38)41)22-8-9-28-29(16-22)36-30(20-35-28)21(18-33)19-34-10-13-39/h3,6,8-9,14-21,33,39H,4-5,7,10-13H2,1-2H3. The number of nitrogens with zero attached hydrogens (tertiary/aromatic N) is 5. The molecule has 5 rings (SSSR count). The third-order valence-corrected chi connectivity index (χ3v) is 7.43. The smallest absolute Gasteiger partial charge is 0.261 e. The Morgan fingerprint density at radius 3 is 2.58 bits per heavy atom. The van der Waals surface area contributed by atoms with Crippen LogP contribution < -0.4 is 14.4 Å². The summed E-state index contributed by atoms with van der Waals surface area (Å²) < 4.78 is 11.1. The number of amides is 2. The van der Waals surface area contributed by atoms with Crippen LogP contribution in [-0.4, -0.2) is 84.7 Å². The quantitative estimate of drug-likeness (QED) is 0.228. The molecule has 0 radical (unpaired) electrons. The molecule has 2 amide bonds. The average molecular weight is 583 g/mol. The number of imide groups is 1. The predicted molar refractivity (Wildman–Crippen MR) is 165 cm³/mol. The minimum atomic E-state index is -0.476. The van der Waals surface area contributed by atoms with Crippen molar-refractivity contribution in [1.82, 2.24) is 14.9 Å². The maximum atomic E-state index is 13.0. The van der Waals surface area contributed by atoms with E-state index in [0.29, 0.717) is 58.8 Å². The zero-order valence-electron chi connectivity index (χ0n) is 24.2. The molecule has 1 aliphatic carbocycles. The first-order chi connectivity index (χ1) is 21.0. The van der Waals surface area contributed by atoms with E-state index >= 15 is 0 Å². The molecule has 43 heavy (non-hydrogen) atoms. The number of hydrogen-bond donors (Lipinski definition) is 2. The highest BCUT2D eigenvalue weighted by Gasteiger charge is 2.37. The molecule has 0 saturated heterocycles. The van der Waals surface area contributed by atoms with Gasteiger partial charge in [-0.05, 0) is 37.5 Å². The van der Waals surface area contributed by atoms with Crippen LogP contribution in [0.3, 0.4) is 0 Å². The molecule has 2 N–H and O–H groups in total. The molecule has 2 aliphatic rings. The van der Waals surface area contributed by atoms with Crippen molar-refractivity contribution in [3.8, 4) is 11.5 Å². The first-order valence-corrected chi connectivity index (χ1v) is 14.1. The van der Waals surface area contributed by atoms with Crippen LogP contribution in [0.4, 0.5) is 11.4 Å². The molecule has 1 aromatic heterocycles. The molecule has 2 aromatic carbocycles. The van der Waals surface area contributed by atoms with E-state index in [1.165, 1.54) is 11.1 Å². The highest BCUT2D eigenvalue weighted by atomic mass is 16.5. The van der Waals surface area contributed by atoms with Crippen molar-refractivity contribution >= 4 is 46.7 Å². The van der Waals surface area contributed by atoms with Crippen molar-refractivity contribution in [1.29, 1.82) is 5.41 Å². The largest absolute Gasteiger partial charge is 0.497 e. The Kier molecular flexibility index (Phi) is 9.21. The van der Waals surface area contributed by atoms with E-state index in [4.69, 9.17) is 25.0 Å². The van der Waals surface area contributed by atoms with Crippen LogP contribution in [0.25, 0.3) is 11.0 Å². The molecule has 1 aliphatic heterocycles. The van der Waals surface area contributed by atoms with Gasteiger partial charge in [-0.2, -0.15) is 0 Å². The van der Waals surface area contributed by atoms with Gasteiger partial charge in [0.25, 0.3) is 11.8 Å². The number of aliphatic hydroxyl groups excluding tert-OH is 1. The molecule has 1 atom stereocenters. The summed E-state index contributed by atoms with van der Waals surface area (Å²) in [5.74, 6) is 0.326. The van der Waals surface area contributed by atoms with Gasteiger partial charge >= 0.3 is 0 Å². The first-order valence-electron chi connectivity index (χ1n) is 14.1. The molecular formula is C32H34N6O5. The van der Waals surface area contributed by atoms with E-state index in [1.54, 1.807) is 38.8 Å². The lowest BCUT2D eigenvalue weighted by Gasteiger charge is -2.27. The molecular weight excluding hydrogens is 548 g/mol. The molecule has 0 spiro atoms. The van der Waals surface area contributed by atoms with Crippen LogP contribution in [-0.2, 0) is 9.59 Å². The normalized spacial score (nSPS) is 15.4. The third kappa shape index (κ3) is 6.31. The number of carbonyl (C=O) groups excluding carboxylic acids is 2. The second-order valence-electron chi connectivity index (χ2n) is 10.1. The minimum Gasteiger partial charge on any atom is -0.497 e. The number of ether oxygens (including phenoxy) is 2. The zero-order chi connectivity index (χ0) is 30.3. The Bertz CT molecular complexity index is 1610. The number of anilines is 2. The summed E-state index contributed by atoms with van der Waals surface area (Å²) >= 11 is 0. The van der Waals surface area contributed by atoms with Gasteiger partial charge in [-0.25, -0.2) is 4.98 Å². The van der Waals surface area contributed by atoms with Crippen molar-refractivity contribution < 1.29 is 24.2 Å². The van der Waals surface area contributed by atoms with Gasteiger partial charge in [0.1, 0.15) is 11.5 Å². The van der Waals surface area contributed by atoms with Crippen LogP contribution >= 0.6 is 0 Å². The molecule has 1 unspecified atom stereocenters. The number of allylic oxidation sites excluding steroid dienone is 1. The molecule has 0 fully saturated rings. The van der Waals surface area contributed by atoms with E-state index in [1.807, 2.05) is 36.4 Å². The summed E-state index contributed by atoms with van der Waals surface area (Å²) in [6.07, 6.45) is 10.0. The maximum absolute atomic E-state index is 13.0. The van der Waals surface area contributed by atoms with Crippen LogP contribution in [0.1, 0.15) is 30.9 Å². The van der Waals surface area contributed by atoms with Crippen molar-refractivity contribution in [3.05, 3.63) is 71.6 Å². The predicted octanol–water partition coefficient (Wildman–Crippen LogP) is 3.99. The Morgan fingerprint density at radius 1 is 1.09 bits per heavy atom. The lowest BCUT2D eigenvalue weighted by molar-refractivity contribution is -0.137. The monoisotopic (exact) mass is 582 g/mol. The van der Waals surface area contributed by atoms with Crippen molar-refractivity contribution in [2.24, 2.45) is 4.99 Å². The molecule has 11 nitrogen and oxygen atoms in total. The number of methoxy groups -OCH3 is 2. The summed E-state index contributed by atoms with van der Waals surface area (Å²) in [6.45, 7) is 0.929. The molecule has 2 heterocycles. The van der Waals surface area contributed by atoms with E-state index < -0.39 is 5.92 Å². The van der Waals surface area contributed by atoms with Gasteiger partial charge in [0.05, 0.1) is 56.2 Å². The fraction of sp³-hybridized carbons (Fsp3) is 0.312. The highest BCUT2D eigenvalue weighted by Crippen LogP contribution is 2.35. The number of aliphatic imine (C=N–C) groups is 1. The van der Waals surface area contributed by atoms with Crippen molar-refractivity contribution in [2.75, 3.05) is 45.4 Å². The number of hydrogen-bond acceptors (Lipinski definition) is 10. The third-order valence-electron chi connectivity index (χ3n) is 7.43. The van der Waals surface area contributed by atoms with Gasteiger partial charge in [-0.3, -0.25) is 24.5 Å². The number of aromatic nitrogens is 2. The lowest BCUT2D eigenvalue weighted by atomic mass is 10.00. The van der Waals surface area contributed by atoms with E-state index in [-0.39, 0.29) is 31.5 Å². The molecule has 0 bridgehead atoms. The van der Waals surface area contributed by atoms with Gasteiger partial charge in [-0.15, -0.1) is 0 Å².